The zero-order valence-corrected chi connectivity index (χ0v) is 12.0. The maximum absolute atomic E-state index is 4.16. The van der Waals surface area contributed by atoms with Crippen molar-refractivity contribution < 1.29 is 0 Å². The maximum Gasteiger partial charge on any atom is 0.0378 e. The van der Waals surface area contributed by atoms with Crippen LogP contribution in [0.25, 0.3) is 5.57 Å². The van der Waals surface area contributed by atoms with E-state index in [0.717, 1.165) is 12.1 Å². The lowest BCUT2D eigenvalue weighted by Gasteiger charge is -2.01. The topological polar surface area (TPSA) is 12.9 Å². The van der Waals surface area contributed by atoms with Crippen LogP contribution in [0.1, 0.15) is 59.2 Å². The van der Waals surface area contributed by atoms with Crippen LogP contribution in [0.3, 0.4) is 0 Å². The molecule has 1 heteroatoms. The first-order chi connectivity index (χ1) is 7.74. The van der Waals surface area contributed by atoms with E-state index in [0.29, 0.717) is 0 Å². The van der Waals surface area contributed by atoms with Gasteiger partial charge in [0.25, 0.3) is 0 Å². The zero-order valence-electron chi connectivity index (χ0n) is 12.0. The van der Waals surface area contributed by atoms with Gasteiger partial charge in [-0.15, -0.1) is 0 Å². The summed E-state index contributed by atoms with van der Waals surface area (Å²) >= 11 is 0. The molecule has 1 aromatic rings. The third-order valence-electron chi connectivity index (χ3n) is 1.86. The Morgan fingerprint density at radius 1 is 1.25 bits per heavy atom. The van der Waals surface area contributed by atoms with Crippen LogP contribution in [-0.2, 0) is 0 Å². The molecule has 0 amide bonds. The first kappa shape index (κ1) is 17.3. The van der Waals surface area contributed by atoms with Crippen molar-refractivity contribution in [3.63, 3.8) is 0 Å². The van der Waals surface area contributed by atoms with Crippen molar-refractivity contribution in [1.29, 1.82) is 0 Å². The minimum atomic E-state index is 1.08. The van der Waals surface area contributed by atoms with Gasteiger partial charge in [-0.1, -0.05) is 40.7 Å². The van der Waals surface area contributed by atoms with E-state index in [4.69, 9.17) is 0 Å². The molecule has 1 heterocycles. The molecule has 0 saturated carbocycles. The first-order valence-corrected chi connectivity index (χ1v) is 6.34. The van der Waals surface area contributed by atoms with Crippen LogP contribution in [0.2, 0.25) is 0 Å². The van der Waals surface area contributed by atoms with Gasteiger partial charge < -0.3 is 0 Å². The molecular weight excluding hydrogens is 194 g/mol. The lowest BCUT2D eigenvalue weighted by Crippen LogP contribution is -1.84. The summed E-state index contributed by atoms with van der Waals surface area (Å²) in [6.45, 7) is 14.3. The highest BCUT2D eigenvalue weighted by Gasteiger charge is 1.94. The van der Waals surface area contributed by atoms with Gasteiger partial charge in [0.1, 0.15) is 0 Å². The lowest BCUT2D eigenvalue weighted by molar-refractivity contribution is 1.18. The number of nitrogens with zero attached hydrogens (tertiary/aromatic N) is 1. The molecule has 0 fully saturated rings. The highest BCUT2D eigenvalue weighted by molar-refractivity contribution is 5.63. The Labute approximate surface area is 102 Å². The van der Waals surface area contributed by atoms with Crippen molar-refractivity contribution in [2.45, 2.75) is 54.9 Å². The zero-order chi connectivity index (χ0) is 13.0. The van der Waals surface area contributed by atoms with E-state index in [1.807, 2.05) is 40.8 Å². The van der Waals surface area contributed by atoms with Crippen LogP contribution < -0.4 is 0 Å². The number of aromatic nitrogens is 1. The monoisotopic (exact) mass is 221 g/mol. The summed E-state index contributed by atoms with van der Waals surface area (Å²) in [4.78, 5) is 4.16. The molecule has 0 aliphatic rings. The number of rotatable bonds is 2. The maximum atomic E-state index is 4.16. The van der Waals surface area contributed by atoms with Gasteiger partial charge in [-0.2, -0.15) is 0 Å². The number of pyridine rings is 1. The van der Waals surface area contributed by atoms with Crippen molar-refractivity contribution in [3.05, 3.63) is 35.7 Å². The van der Waals surface area contributed by atoms with E-state index in [2.05, 4.69) is 37.0 Å². The standard InChI is InChI=1S/C11H15N.2C2H6/c1-4-5-9(2)11-6-7-12-10(3)8-11;2*1-2/h5-8H,4H2,1-3H3;2*1-2H3/b9-5-;;. The predicted molar refractivity (Wildman–Crippen MR) is 75.6 cm³/mol. The molecule has 0 spiro atoms. The minimum Gasteiger partial charge on any atom is -0.262 e. The fourth-order valence-corrected chi connectivity index (χ4v) is 1.21. The van der Waals surface area contributed by atoms with Gasteiger partial charge in [0.2, 0.25) is 0 Å². The van der Waals surface area contributed by atoms with Gasteiger partial charge in [-0.05, 0) is 43.5 Å². The molecule has 0 saturated heterocycles. The summed E-state index contributed by atoms with van der Waals surface area (Å²) in [6.07, 6.45) is 5.18. The Balaban J connectivity index is 0. The van der Waals surface area contributed by atoms with E-state index < -0.39 is 0 Å². The van der Waals surface area contributed by atoms with E-state index in [-0.39, 0.29) is 0 Å². The van der Waals surface area contributed by atoms with Gasteiger partial charge in [-0.25, -0.2) is 0 Å². The number of allylic oxidation sites excluding steroid dienone is 2. The number of aryl methyl sites for hydroxylation is 1. The molecule has 0 aromatic carbocycles. The second-order valence-corrected chi connectivity index (χ2v) is 2.98. The van der Waals surface area contributed by atoms with Crippen molar-refractivity contribution in [3.8, 4) is 0 Å². The Bertz CT molecular complexity index is 287. The van der Waals surface area contributed by atoms with Crippen LogP contribution in [0.5, 0.6) is 0 Å². The van der Waals surface area contributed by atoms with Crippen LogP contribution in [-0.4, -0.2) is 4.98 Å². The summed E-state index contributed by atoms with van der Waals surface area (Å²) in [5.74, 6) is 0. The number of hydrogen-bond acceptors (Lipinski definition) is 1. The molecule has 0 N–H and O–H groups in total. The molecule has 0 aliphatic heterocycles. The molecule has 0 bridgehead atoms. The van der Waals surface area contributed by atoms with Crippen LogP contribution in [0.15, 0.2) is 24.4 Å². The molecule has 0 atom stereocenters. The molecule has 1 rings (SSSR count). The second kappa shape index (κ2) is 12.0. The van der Waals surface area contributed by atoms with Gasteiger partial charge >= 0.3 is 0 Å². The van der Waals surface area contributed by atoms with Crippen molar-refractivity contribution in [1.82, 2.24) is 4.98 Å². The molecule has 0 radical (unpaired) electrons. The van der Waals surface area contributed by atoms with E-state index in [1.54, 1.807) is 0 Å². The summed E-state index contributed by atoms with van der Waals surface area (Å²) < 4.78 is 0. The van der Waals surface area contributed by atoms with E-state index in [9.17, 15) is 0 Å². The Hall–Kier alpha value is -1.11. The molecule has 16 heavy (non-hydrogen) atoms. The Kier molecular flexibility index (Phi) is 12.9. The molecule has 0 unspecified atom stereocenters. The van der Waals surface area contributed by atoms with Crippen LogP contribution in [0, 0.1) is 6.92 Å². The van der Waals surface area contributed by atoms with Crippen LogP contribution in [0.4, 0.5) is 0 Å². The third kappa shape index (κ3) is 7.22. The average molecular weight is 221 g/mol. The summed E-state index contributed by atoms with van der Waals surface area (Å²) in [6, 6.07) is 4.16. The summed E-state index contributed by atoms with van der Waals surface area (Å²) in [5.41, 5.74) is 3.70. The van der Waals surface area contributed by atoms with Gasteiger partial charge in [0, 0.05) is 11.9 Å². The van der Waals surface area contributed by atoms with E-state index in [1.165, 1.54) is 11.1 Å². The fourth-order valence-electron chi connectivity index (χ4n) is 1.21. The first-order valence-electron chi connectivity index (χ1n) is 6.34. The minimum absolute atomic E-state index is 1.08. The molecule has 0 aliphatic carbocycles. The smallest absolute Gasteiger partial charge is 0.0378 e. The molecule has 92 valence electrons. The van der Waals surface area contributed by atoms with Gasteiger partial charge in [0.05, 0.1) is 0 Å². The quantitative estimate of drug-likeness (QED) is 0.664. The average Bonchev–Trinajstić information content (AvgIpc) is 2.34. The molecule has 1 aromatic heterocycles. The second-order valence-electron chi connectivity index (χ2n) is 2.98. The van der Waals surface area contributed by atoms with Gasteiger partial charge in [-0.3, -0.25) is 4.98 Å². The highest BCUT2D eigenvalue weighted by Crippen LogP contribution is 2.13. The molecular formula is C15H27N. The third-order valence-corrected chi connectivity index (χ3v) is 1.86. The molecule has 1 nitrogen and oxygen atoms in total. The highest BCUT2D eigenvalue weighted by atomic mass is 14.6. The number of hydrogen-bond donors (Lipinski definition) is 0. The Morgan fingerprint density at radius 3 is 2.25 bits per heavy atom. The van der Waals surface area contributed by atoms with Crippen molar-refractivity contribution in [2.75, 3.05) is 0 Å². The predicted octanol–water partition coefficient (Wildman–Crippen LogP) is 5.26. The van der Waals surface area contributed by atoms with Gasteiger partial charge in [0.15, 0.2) is 0 Å². The SMILES string of the molecule is CC.CC.CC/C=C(/C)c1ccnc(C)c1. The lowest BCUT2D eigenvalue weighted by atomic mass is 10.1. The fraction of sp³-hybridized carbons (Fsp3) is 0.533. The van der Waals surface area contributed by atoms with Crippen LogP contribution >= 0.6 is 0 Å². The van der Waals surface area contributed by atoms with E-state index >= 15 is 0 Å². The summed E-state index contributed by atoms with van der Waals surface area (Å²) in [7, 11) is 0. The van der Waals surface area contributed by atoms with Crippen molar-refractivity contribution in [2.24, 2.45) is 0 Å². The largest absolute Gasteiger partial charge is 0.262 e. The van der Waals surface area contributed by atoms with Crippen molar-refractivity contribution >= 4 is 5.57 Å². The summed E-state index contributed by atoms with van der Waals surface area (Å²) in [5, 5.41) is 0. The normalized spacial score (nSPS) is 9.56. The Morgan fingerprint density at radius 2 is 1.81 bits per heavy atom.